The van der Waals surface area contributed by atoms with Crippen molar-refractivity contribution in [1.82, 2.24) is 4.72 Å². The zero-order valence-electron chi connectivity index (χ0n) is 16.1. The largest absolute Gasteiger partial charge is 0.456 e. The third-order valence-electron chi connectivity index (χ3n) is 3.84. The summed E-state index contributed by atoms with van der Waals surface area (Å²) in [5.74, 6) is -1.47. The second kappa shape index (κ2) is 9.94. The Morgan fingerprint density at radius 1 is 1.03 bits per heavy atom. The summed E-state index contributed by atoms with van der Waals surface area (Å²) >= 11 is 0. The fourth-order valence-corrected chi connectivity index (χ4v) is 3.47. The maximum absolute atomic E-state index is 12.2. The number of carbonyl (C=O) groups excluding carboxylic acids is 3. The SMILES string of the molecule is CC(=O)c1cccc(S(=O)(=O)NCCC(=O)OCC(=O)Nc2cccc(C)c2)c1. The van der Waals surface area contributed by atoms with Crippen LogP contribution in [-0.4, -0.2) is 39.2 Å². The highest BCUT2D eigenvalue weighted by molar-refractivity contribution is 7.89. The van der Waals surface area contributed by atoms with Crippen LogP contribution >= 0.6 is 0 Å². The standard InChI is InChI=1S/C20H22N2O6S/c1-14-5-3-7-17(11-14)22-19(24)13-28-20(25)9-10-21-29(26,27)18-8-4-6-16(12-18)15(2)23/h3-8,11-12,21H,9-10,13H2,1-2H3,(H,22,24). The zero-order valence-corrected chi connectivity index (χ0v) is 16.9. The van der Waals surface area contributed by atoms with Gasteiger partial charge in [-0.15, -0.1) is 0 Å². The van der Waals surface area contributed by atoms with Gasteiger partial charge in [0.1, 0.15) is 0 Å². The van der Waals surface area contributed by atoms with E-state index in [-0.39, 0.29) is 29.2 Å². The van der Waals surface area contributed by atoms with E-state index < -0.39 is 28.5 Å². The average molecular weight is 418 g/mol. The molecule has 0 saturated carbocycles. The number of amides is 1. The number of rotatable bonds is 9. The van der Waals surface area contributed by atoms with E-state index in [4.69, 9.17) is 4.74 Å². The maximum Gasteiger partial charge on any atom is 0.307 e. The molecule has 2 aromatic carbocycles. The summed E-state index contributed by atoms with van der Waals surface area (Å²) in [5.41, 5.74) is 1.83. The number of esters is 1. The number of carbonyl (C=O) groups is 3. The molecule has 9 heteroatoms. The van der Waals surface area contributed by atoms with Crippen molar-refractivity contribution in [2.45, 2.75) is 25.2 Å². The molecule has 0 aliphatic rings. The Hall–Kier alpha value is -3.04. The van der Waals surface area contributed by atoms with Crippen molar-refractivity contribution in [2.24, 2.45) is 0 Å². The molecular formula is C20H22N2O6S. The molecule has 0 heterocycles. The van der Waals surface area contributed by atoms with Gasteiger partial charge in [0.2, 0.25) is 10.0 Å². The Labute approximate surface area is 169 Å². The minimum atomic E-state index is -3.88. The summed E-state index contributed by atoms with van der Waals surface area (Å²) in [4.78, 5) is 34.8. The second-order valence-corrected chi connectivity index (χ2v) is 8.08. The van der Waals surface area contributed by atoms with Crippen molar-refractivity contribution in [2.75, 3.05) is 18.5 Å². The van der Waals surface area contributed by atoms with Crippen LogP contribution < -0.4 is 10.0 Å². The third kappa shape index (κ3) is 7.13. The summed E-state index contributed by atoms with van der Waals surface area (Å²) in [7, 11) is -3.88. The van der Waals surface area contributed by atoms with Crippen molar-refractivity contribution in [3.8, 4) is 0 Å². The van der Waals surface area contributed by atoms with Crippen molar-refractivity contribution in [3.05, 3.63) is 59.7 Å². The van der Waals surface area contributed by atoms with Crippen LogP contribution in [-0.2, 0) is 24.3 Å². The van der Waals surface area contributed by atoms with Gasteiger partial charge in [0.25, 0.3) is 5.91 Å². The van der Waals surface area contributed by atoms with E-state index in [9.17, 15) is 22.8 Å². The predicted octanol–water partition coefficient (Wildman–Crippen LogP) is 2.05. The molecule has 0 unspecified atom stereocenters. The summed E-state index contributed by atoms with van der Waals surface area (Å²) in [5, 5.41) is 2.60. The molecule has 0 aromatic heterocycles. The number of nitrogens with one attached hydrogen (secondary N) is 2. The molecule has 0 spiro atoms. The molecule has 1 amide bonds. The van der Waals surface area contributed by atoms with Crippen LogP contribution in [0.5, 0.6) is 0 Å². The van der Waals surface area contributed by atoms with E-state index >= 15 is 0 Å². The van der Waals surface area contributed by atoms with E-state index in [1.54, 1.807) is 18.2 Å². The van der Waals surface area contributed by atoms with Crippen molar-refractivity contribution in [1.29, 1.82) is 0 Å². The molecule has 29 heavy (non-hydrogen) atoms. The number of ether oxygens (including phenoxy) is 1. The summed E-state index contributed by atoms with van der Waals surface area (Å²) in [6.45, 7) is 2.54. The Morgan fingerprint density at radius 2 is 1.76 bits per heavy atom. The highest BCUT2D eigenvalue weighted by Crippen LogP contribution is 2.12. The number of aryl methyl sites for hydroxylation is 1. The smallest absolute Gasteiger partial charge is 0.307 e. The van der Waals surface area contributed by atoms with E-state index in [2.05, 4.69) is 10.0 Å². The topological polar surface area (TPSA) is 119 Å². The predicted molar refractivity (Wildman–Crippen MR) is 107 cm³/mol. The molecule has 0 aliphatic carbocycles. The lowest BCUT2D eigenvalue weighted by Crippen LogP contribution is -2.28. The molecule has 2 N–H and O–H groups in total. The van der Waals surface area contributed by atoms with Crippen LogP contribution in [0.25, 0.3) is 0 Å². The third-order valence-corrected chi connectivity index (χ3v) is 5.30. The Kier molecular flexibility index (Phi) is 7.63. The van der Waals surface area contributed by atoms with Gasteiger partial charge in [-0.25, -0.2) is 13.1 Å². The number of hydrogen-bond acceptors (Lipinski definition) is 6. The fourth-order valence-electron chi connectivity index (χ4n) is 2.39. The highest BCUT2D eigenvalue weighted by Gasteiger charge is 2.16. The molecule has 2 rings (SSSR count). The minimum absolute atomic E-state index is 0.0731. The number of Topliss-reactive ketones (excluding diaryl/α,β-unsaturated/α-hetero) is 1. The van der Waals surface area contributed by atoms with Gasteiger partial charge in [0.05, 0.1) is 11.3 Å². The van der Waals surface area contributed by atoms with Gasteiger partial charge < -0.3 is 10.1 Å². The second-order valence-electron chi connectivity index (χ2n) is 6.31. The van der Waals surface area contributed by atoms with Crippen LogP contribution in [0, 0.1) is 6.92 Å². The first-order valence-electron chi connectivity index (χ1n) is 8.80. The minimum Gasteiger partial charge on any atom is -0.456 e. The fraction of sp³-hybridized carbons (Fsp3) is 0.250. The molecule has 154 valence electrons. The van der Waals surface area contributed by atoms with Crippen LogP contribution in [0.15, 0.2) is 53.4 Å². The van der Waals surface area contributed by atoms with Crippen LogP contribution in [0.2, 0.25) is 0 Å². The van der Waals surface area contributed by atoms with E-state index in [0.29, 0.717) is 5.69 Å². The van der Waals surface area contributed by atoms with Crippen molar-refractivity contribution in [3.63, 3.8) is 0 Å². The number of sulfonamides is 1. The molecule has 0 fully saturated rings. The quantitative estimate of drug-likeness (QED) is 0.475. The van der Waals surface area contributed by atoms with Gasteiger partial charge in [-0.1, -0.05) is 24.3 Å². The molecule has 0 saturated heterocycles. The Bertz CT molecular complexity index is 1020. The Balaban J connectivity index is 1.78. The number of ketones is 1. The lowest BCUT2D eigenvalue weighted by molar-refractivity contribution is -0.147. The molecular weight excluding hydrogens is 396 g/mol. The van der Waals surface area contributed by atoms with Gasteiger partial charge in [-0.05, 0) is 43.7 Å². The van der Waals surface area contributed by atoms with Crippen LogP contribution in [0.1, 0.15) is 29.3 Å². The van der Waals surface area contributed by atoms with E-state index in [0.717, 1.165) is 5.56 Å². The summed E-state index contributed by atoms with van der Waals surface area (Å²) < 4.78 is 31.6. The number of benzene rings is 2. The monoisotopic (exact) mass is 418 g/mol. The summed E-state index contributed by atoms with van der Waals surface area (Å²) in [6, 6.07) is 12.7. The van der Waals surface area contributed by atoms with Crippen molar-refractivity contribution < 1.29 is 27.5 Å². The van der Waals surface area contributed by atoms with Crippen LogP contribution in [0.3, 0.4) is 0 Å². The Morgan fingerprint density at radius 3 is 2.45 bits per heavy atom. The molecule has 0 atom stereocenters. The van der Waals surface area contributed by atoms with Gasteiger partial charge in [0, 0.05) is 17.8 Å². The molecule has 8 nitrogen and oxygen atoms in total. The molecule has 0 radical (unpaired) electrons. The zero-order chi connectivity index (χ0) is 21.4. The van der Waals surface area contributed by atoms with Crippen molar-refractivity contribution >= 4 is 33.4 Å². The lowest BCUT2D eigenvalue weighted by atomic mass is 10.2. The molecule has 0 aliphatic heterocycles. The van der Waals surface area contributed by atoms with Crippen LogP contribution in [0.4, 0.5) is 5.69 Å². The average Bonchev–Trinajstić information content (AvgIpc) is 2.66. The first-order chi connectivity index (χ1) is 13.7. The first kappa shape index (κ1) is 22.3. The van der Waals surface area contributed by atoms with Gasteiger partial charge in [-0.2, -0.15) is 0 Å². The van der Waals surface area contributed by atoms with Gasteiger partial charge >= 0.3 is 5.97 Å². The highest BCUT2D eigenvalue weighted by atomic mass is 32.2. The van der Waals surface area contributed by atoms with E-state index in [1.807, 2.05) is 13.0 Å². The maximum atomic E-state index is 12.2. The molecule has 0 bridgehead atoms. The first-order valence-corrected chi connectivity index (χ1v) is 10.3. The van der Waals surface area contributed by atoms with Gasteiger partial charge in [-0.3, -0.25) is 14.4 Å². The lowest BCUT2D eigenvalue weighted by Gasteiger charge is -2.09. The van der Waals surface area contributed by atoms with Gasteiger partial charge in [0.15, 0.2) is 12.4 Å². The number of hydrogen-bond donors (Lipinski definition) is 2. The number of anilines is 1. The summed E-state index contributed by atoms with van der Waals surface area (Å²) in [6.07, 6.45) is -0.247. The van der Waals surface area contributed by atoms with E-state index in [1.165, 1.54) is 31.2 Å². The molecule has 2 aromatic rings. The normalized spacial score (nSPS) is 11.0.